The van der Waals surface area contributed by atoms with E-state index < -0.39 is 11.7 Å². The number of nitrogens with zero attached hydrogens (tertiary/aromatic N) is 4. The van der Waals surface area contributed by atoms with Crippen molar-refractivity contribution in [3.8, 4) is 17.2 Å². The third-order valence-electron chi connectivity index (χ3n) is 7.18. The van der Waals surface area contributed by atoms with Crippen LogP contribution in [0.15, 0.2) is 60.7 Å². The van der Waals surface area contributed by atoms with Gasteiger partial charge in [0.15, 0.2) is 11.5 Å². The van der Waals surface area contributed by atoms with E-state index in [0.717, 1.165) is 66.7 Å². The number of alkyl halides is 3. The van der Waals surface area contributed by atoms with Crippen molar-refractivity contribution in [1.82, 2.24) is 19.4 Å². The van der Waals surface area contributed by atoms with E-state index in [9.17, 15) is 13.2 Å². The third kappa shape index (κ3) is 6.18. The van der Waals surface area contributed by atoms with Crippen LogP contribution >= 0.6 is 0 Å². The number of hydrogen-bond donors (Lipinski definition) is 0. The van der Waals surface area contributed by atoms with Crippen LogP contribution in [0.2, 0.25) is 0 Å². The fraction of sp³-hybridized carbons (Fsp3) is 0.367. The van der Waals surface area contributed by atoms with Gasteiger partial charge < -0.3 is 23.7 Å². The summed E-state index contributed by atoms with van der Waals surface area (Å²) < 4.78 is 58.8. The Morgan fingerprint density at radius 3 is 2.55 bits per heavy atom. The molecular formula is C30H33F3N4O3. The maximum absolute atomic E-state index is 13.5. The summed E-state index contributed by atoms with van der Waals surface area (Å²) in [6.45, 7) is 6.34. The molecule has 1 aromatic heterocycles. The lowest BCUT2D eigenvalue weighted by Gasteiger charge is -2.24. The zero-order valence-corrected chi connectivity index (χ0v) is 22.9. The number of likely N-dealkylation sites (N-methyl/N-ethyl adjacent to an activating group) is 2. The molecule has 0 N–H and O–H groups in total. The zero-order valence-electron chi connectivity index (χ0n) is 22.9. The molecule has 0 unspecified atom stereocenters. The van der Waals surface area contributed by atoms with E-state index in [0.29, 0.717) is 29.9 Å². The molecule has 0 atom stereocenters. The standard InChI is InChI=1S/C30H33F3N4O3/c1-4-36(14-13-35(2)17-21-9-12-27-28(15-21)40-20-39-27)19-29-34-24-16-23(30(31,32)33)10-11-25(24)37(29)18-22-7-5-6-8-26(22)38-3/h5-12,15-16H,4,13-14,17-20H2,1-3H3. The van der Waals surface area contributed by atoms with Crippen LogP contribution in [-0.2, 0) is 25.8 Å². The first-order valence-electron chi connectivity index (χ1n) is 13.2. The Bertz CT molecular complexity index is 1470. The average Bonchev–Trinajstić information content (AvgIpc) is 3.54. The Balaban J connectivity index is 1.35. The average molecular weight is 555 g/mol. The van der Waals surface area contributed by atoms with Crippen molar-refractivity contribution in [2.45, 2.75) is 32.7 Å². The monoisotopic (exact) mass is 554 g/mol. The lowest BCUT2D eigenvalue weighted by Crippen LogP contribution is -2.33. The molecule has 0 bridgehead atoms. The molecule has 7 nitrogen and oxygen atoms in total. The van der Waals surface area contributed by atoms with E-state index in [-0.39, 0.29) is 6.79 Å². The summed E-state index contributed by atoms with van der Waals surface area (Å²) >= 11 is 0. The fourth-order valence-corrected chi connectivity index (χ4v) is 4.95. The van der Waals surface area contributed by atoms with Crippen LogP contribution in [0.25, 0.3) is 11.0 Å². The van der Waals surface area contributed by atoms with Gasteiger partial charge in [0.05, 0.1) is 36.8 Å². The first kappa shape index (κ1) is 27.8. The molecule has 3 aromatic carbocycles. The Labute approximate surface area is 231 Å². The van der Waals surface area contributed by atoms with Gasteiger partial charge in [0.1, 0.15) is 11.6 Å². The lowest BCUT2D eigenvalue weighted by molar-refractivity contribution is -0.137. The summed E-state index contributed by atoms with van der Waals surface area (Å²) in [5, 5.41) is 0. The number of hydrogen-bond acceptors (Lipinski definition) is 6. The predicted molar refractivity (Wildman–Crippen MR) is 147 cm³/mol. The molecule has 5 rings (SSSR count). The summed E-state index contributed by atoms with van der Waals surface area (Å²) in [4.78, 5) is 9.18. The van der Waals surface area contributed by atoms with Crippen LogP contribution in [0, 0.1) is 0 Å². The maximum Gasteiger partial charge on any atom is 0.416 e. The molecule has 0 amide bonds. The van der Waals surface area contributed by atoms with E-state index in [1.54, 1.807) is 7.11 Å². The number of methoxy groups -OCH3 is 1. The molecule has 0 saturated heterocycles. The third-order valence-corrected chi connectivity index (χ3v) is 7.18. The van der Waals surface area contributed by atoms with E-state index in [1.165, 1.54) is 6.07 Å². The second kappa shape index (κ2) is 11.8. The summed E-state index contributed by atoms with van der Waals surface area (Å²) in [5.74, 6) is 2.96. The Hall–Kier alpha value is -3.76. The van der Waals surface area contributed by atoms with E-state index in [1.807, 2.05) is 47.0 Å². The van der Waals surface area contributed by atoms with Gasteiger partial charge in [-0.25, -0.2) is 4.98 Å². The Kier molecular flexibility index (Phi) is 8.18. The molecule has 0 spiro atoms. The number of halogens is 3. The molecule has 1 aliphatic rings. The van der Waals surface area contributed by atoms with Gasteiger partial charge >= 0.3 is 6.18 Å². The van der Waals surface area contributed by atoms with Crippen LogP contribution in [0.5, 0.6) is 17.2 Å². The molecule has 0 saturated carbocycles. The highest BCUT2D eigenvalue weighted by atomic mass is 19.4. The van der Waals surface area contributed by atoms with Crippen LogP contribution in [0.1, 0.15) is 29.4 Å². The van der Waals surface area contributed by atoms with Crippen LogP contribution in [-0.4, -0.2) is 59.9 Å². The van der Waals surface area contributed by atoms with Crippen LogP contribution < -0.4 is 14.2 Å². The number of fused-ring (bicyclic) bond motifs is 2. The van der Waals surface area contributed by atoms with Crippen molar-refractivity contribution >= 4 is 11.0 Å². The smallest absolute Gasteiger partial charge is 0.416 e. The van der Waals surface area contributed by atoms with E-state index in [4.69, 9.17) is 19.2 Å². The minimum absolute atomic E-state index is 0.249. The molecule has 40 heavy (non-hydrogen) atoms. The van der Waals surface area contributed by atoms with Crippen molar-refractivity contribution in [3.63, 3.8) is 0 Å². The van der Waals surface area contributed by atoms with Crippen LogP contribution in [0.3, 0.4) is 0 Å². The van der Waals surface area contributed by atoms with Gasteiger partial charge in [-0.1, -0.05) is 31.2 Å². The van der Waals surface area contributed by atoms with Gasteiger partial charge in [-0.2, -0.15) is 13.2 Å². The number of para-hydroxylation sites is 1. The normalized spacial score (nSPS) is 13.1. The fourth-order valence-electron chi connectivity index (χ4n) is 4.95. The van der Waals surface area contributed by atoms with Gasteiger partial charge in [-0.15, -0.1) is 0 Å². The van der Waals surface area contributed by atoms with Gasteiger partial charge in [0, 0.05) is 25.2 Å². The first-order valence-corrected chi connectivity index (χ1v) is 13.2. The molecule has 0 radical (unpaired) electrons. The van der Waals surface area contributed by atoms with Gasteiger partial charge in [0.25, 0.3) is 0 Å². The van der Waals surface area contributed by atoms with Gasteiger partial charge in [-0.05, 0) is 55.6 Å². The summed E-state index contributed by atoms with van der Waals surface area (Å²) in [5.41, 5.74) is 2.34. The summed E-state index contributed by atoms with van der Waals surface area (Å²) in [6, 6.07) is 17.4. The molecule has 1 aliphatic heterocycles. The summed E-state index contributed by atoms with van der Waals surface area (Å²) in [7, 11) is 3.67. The van der Waals surface area contributed by atoms with E-state index >= 15 is 0 Å². The Morgan fingerprint density at radius 1 is 0.975 bits per heavy atom. The number of aromatic nitrogens is 2. The molecule has 4 aromatic rings. The zero-order chi connectivity index (χ0) is 28.3. The number of ether oxygens (including phenoxy) is 3. The van der Waals surface area contributed by atoms with Crippen molar-refractivity contribution in [2.75, 3.05) is 40.6 Å². The second-order valence-corrected chi connectivity index (χ2v) is 9.92. The van der Waals surface area contributed by atoms with E-state index in [2.05, 4.69) is 23.8 Å². The maximum atomic E-state index is 13.5. The molecule has 212 valence electrons. The van der Waals surface area contributed by atoms with Gasteiger partial charge in [-0.3, -0.25) is 4.90 Å². The van der Waals surface area contributed by atoms with Crippen molar-refractivity contribution in [3.05, 3.63) is 83.2 Å². The van der Waals surface area contributed by atoms with Crippen molar-refractivity contribution < 1.29 is 27.4 Å². The largest absolute Gasteiger partial charge is 0.496 e. The topological polar surface area (TPSA) is 52.0 Å². The molecule has 10 heteroatoms. The Morgan fingerprint density at radius 2 is 1.77 bits per heavy atom. The predicted octanol–water partition coefficient (Wildman–Crippen LogP) is 5.79. The quantitative estimate of drug-likeness (QED) is 0.234. The minimum atomic E-state index is -4.43. The number of imidazole rings is 1. The number of benzene rings is 3. The molecule has 0 aliphatic carbocycles. The highest BCUT2D eigenvalue weighted by Crippen LogP contribution is 2.34. The second-order valence-electron chi connectivity index (χ2n) is 9.92. The van der Waals surface area contributed by atoms with Crippen molar-refractivity contribution in [2.24, 2.45) is 0 Å². The SMILES string of the molecule is CCN(CCN(C)Cc1ccc2c(c1)OCO2)Cc1nc2cc(C(F)(F)F)ccc2n1Cc1ccccc1OC. The highest BCUT2D eigenvalue weighted by Gasteiger charge is 2.31. The number of rotatable bonds is 11. The highest BCUT2D eigenvalue weighted by molar-refractivity contribution is 5.77. The molecule has 2 heterocycles. The van der Waals surface area contributed by atoms with Crippen LogP contribution in [0.4, 0.5) is 13.2 Å². The molecular weight excluding hydrogens is 521 g/mol. The first-order chi connectivity index (χ1) is 19.2. The molecule has 0 fully saturated rings. The minimum Gasteiger partial charge on any atom is -0.496 e. The van der Waals surface area contributed by atoms with Gasteiger partial charge in [0.2, 0.25) is 6.79 Å². The lowest BCUT2D eigenvalue weighted by atomic mass is 10.1. The van der Waals surface area contributed by atoms with Crippen molar-refractivity contribution in [1.29, 1.82) is 0 Å². The summed E-state index contributed by atoms with van der Waals surface area (Å²) in [6.07, 6.45) is -4.43.